The SMILES string of the molecule is CCOC(=O)CCNC(=O)CCCNC(=O)C(C)(C)C. The number of hydrogen-bond donors (Lipinski definition) is 2. The Morgan fingerprint density at radius 1 is 1.00 bits per heavy atom. The summed E-state index contributed by atoms with van der Waals surface area (Å²) in [6, 6.07) is 0. The lowest BCUT2D eigenvalue weighted by molar-refractivity contribution is -0.143. The van der Waals surface area contributed by atoms with Crippen LogP contribution in [0.25, 0.3) is 0 Å². The fourth-order valence-electron chi connectivity index (χ4n) is 1.34. The molecule has 0 unspecified atom stereocenters. The molecule has 0 aromatic rings. The third-order valence-electron chi connectivity index (χ3n) is 2.50. The van der Waals surface area contributed by atoms with E-state index >= 15 is 0 Å². The van der Waals surface area contributed by atoms with Crippen molar-refractivity contribution in [2.45, 2.75) is 47.0 Å². The molecule has 116 valence electrons. The van der Waals surface area contributed by atoms with Crippen molar-refractivity contribution in [2.75, 3.05) is 19.7 Å². The number of amides is 2. The van der Waals surface area contributed by atoms with Gasteiger partial charge in [-0.3, -0.25) is 14.4 Å². The average molecular weight is 286 g/mol. The molecule has 0 heterocycles. The summed E-state index contributed by atoms with van der Waals surface area (Å²) in [5.74, 6) is -0.468. The number of carbonyl (C=O) groups excluding carboxylic acids is 3. The molecule has 2 amide bonds. The van der Waals surface area contributed by atoms with Gasteiger partial charge >= 0.3 is 5.97 Å². The molecule has 0 aliphatic heterocycles. The summed E-state index contributed by atoms with van der Waals surface area (Å²) in [4.78, 5) is 34.0. The van der Waals surface area contributed by atoms with Gasteiger partial charge in [0, 0.05) is 24.9 Å². The van der Waals surface area contributed by atoms with E-state index in [0.717, 1.165) is 0 Å². The van der Waals surface area contributed by atoms with Crippen molar-refractivity contribution >= 4 is 17.8 Å². The number of carbonyl (C=O) groups is 3. The molecule has 0 bridgehead atoms. The molecule has 0 fully saturated rings. The van der Waals surface area contributed by atoms with Crippen molar-refractivity contribution in [1.82, 2.24) is 10.6 Å². The van der Waals surface area contributed by atoms with Crippen LogP contribution < -0.4 is 10.6 Å². The van der Waals surface area contributed by atoms with E-state index in [-0.39, 0.29) is 30.7 Å². The summed E-state index contributed by atoms with van der Waals surface area (Å²) in [5.41, 5.74) is -0.415. The van der Waals surface area contributed by atoms with Gasteiger partial charge < -0.3 is 15.4 Å². The van der Waals surface area contributed by atoms with Gasteiger partial charge in [0.1, 0.15) is 0 Å². The quantitative estimate of drug-likeness (QED) is 0.515. The zero-order valence-electron chi connectivity index (χ0n) is 12.9. The summed E-state index contributed by atoms with van der Waals surface area (Å²) in [6.07, 6.45) is 1.08. The molecule has 0 aliphatic carbocycles. The molecule has 2 N–H and O–H groups in total. The second kappa shape index (κ2) is 9.34. The van der Waals surface area contributed by atoms with Crippen LogP contribution in [0.1, 0.15) is 47.0 Å². The molecule has 0 radical (unpaired) electrons. The van der Waals surface area contributed by atoms with Crippen LogP contribution in [0.5, 0.6) is 0 Å². The van der Waals surface area contributed by atoms with E-state index in [0.29, 0.717) is 26.0 Å². The summed E-state index contributed by atoms with van der Waals surface area (Å²) in [7, 11) is 0. The zero-order valence-corrected chi connectivity index (χ0v) is 12.9. The molecule has 0 aromatic heterocycles. The van der Waals surface area contributed by atoms with Gasteiger partial charge in [-0.1, -0.05) is 20.8 Å². The molecule has 0 saturated heterocycles. The van der Waals surface area contributed by atoms with Crippen molar-refractivity contribution in [3.8, 4) is 0 Å². The van der Waals surface area contributed by atoms with Gasteiger partial charge in [-0.05, 0) is 13.3 Å². The molecule has 0 spiro atoms. The maximum absolute atomic E-state index is 11.6. The van der Waals surface area contributed by atoms with Gasteiger partial charge in [0.05, 0.1) is 13.0 Å². The third kappa shape index (κ3) is 9.35. The summed E-state index contributed by atoms with van der Waals surface area (Å²) < 4.78 is 4.74. The fraction of sp³-hybridized carbons (Fsp3) is 0.786. The van der Waals surface area contributed by atoms with Crippen LogP contribution in [0, 0.1) is 5.41 Å². The van der Waals surface area contributed by atoms with Crippen molar-refractivity contribution in [1.29, 1.82) is 0 Å². The maximum atomic E-state index is 11.6. The van der Waals surface area contributed by atoms with Gasteiger partial charge in [-0.15, -0.1) is 0 Å². The van der Waals surface area contributed by atoms with E-state index in [9.17, 15) is 14.4 Å². The first-order chi connectivity index (χ1) is 9.27. The van der Waals surface area contributed by atoms with Crippen molar-refractivity contribution in [2.24, 2.45) is 5.41 Å². The largest absolute Gasteiger partial charge is 0.466 e. The zero-order chi connectivity index (χ0) is 15.6. The van der Waals surface area contributed by atoms with E-state index in [2.05, 4.69) is 10.6 Å². The Morgan fingerprint density at radius 3 is 2.20 bits per heavy atom. The van der Waals surface area contributed by atoms with Crippen LogP contribution in [0.2, 0.25) is 0 Å². The Kier molecular flexibility index (Phi) is 8.59. The van der Waals surface area contributed by atoms with E-state index in [1.807, 2.05) is 20.8 Å². The Labute approximate surface area is 120 Å². The van der Waals surface area contributed by atoms with E-state index in [1.165, 1.54) is 0 Å². The Balaban J connectivity index is 3.60. The number of nitrogens with one attached hydrogen (secondary N) is 2. The Morgan fingerprint density at radius 2 is 1.65 bits per heavy atom. The second-order valence-electron chi connectivity index (χ2n) is 5.51. The predicted octanol–water partition coefficient (Wildman–Crippen LogP) is 0.998. The van der Waals surface area contributed by atoms with Crippen molar-refractivity contribution < 1.29 is 19.1 Å². The van der Waals surface area contributed by atoms with Gasteiger partial charge in [-0.25, -0.2) is 0 Å². The van der Waals surface area contributed by atoms with Gasteiger partial charge in [0.2, 0.25) is 11.8 Å². The van der Waals surface area contributed by atoms with Gasteiger partial charge in [0.25, 0.3) is 0 Å². The fourth-order valence-corrected chi connectivity index (χ4v) is 1.34. The minimum absolute atomic E-state index is 0.0276. The van der Waals surface area contributed by atoms with Gasteiger partial charge in [-0.2, -0.15) is 0 Å². The minimum atomic E-state index is -0.415. The summed E-state index contributed by atoms with van der Waals surface area (Å²) >= 11 is 0. The molecular formula is C14H26N2O4. The Bertz CT molecular complexity index is 335. The van der Waals surface area contributed by atoms with Gasteiger partial charge in [0.15, 0.2) is 0 Å². The molecule has 0 aliphatic rings. The van der Waals surface area contributed by atoms with Crippen molar-refractivity contribution in [3.05, 3.63) is 0 Å². The highest BCUT2D eigenvalue weighted by atomic mass is 16.5. The lowest BCUT2D eigenvalue weighted by Crippen LogP contribution is -2.35. The number of hydrogen-bond acceptors (Lipinski definition) is 4. The average Bonchev–Trinajstić information content (AvgIpc) is 2.33. The van der Waals surface area contributed by atoms with Crippen LogP contribution in [0.3, 0.4) is 0 Å². The first kappa shape index (κ1) is 18.4. The molecule has 0 atom stereocenters. The maximum Gasteiger partial charge on any atom is 0.307 e. The van der Waals surface area contributed by atoms with E-state index in [1.54, 1.807) is 6.92 Å². The summed E-state index contributed by atoms with van der Waals surface area (Å²) in [5, 5.41) is 5.41. The van der Waals surface area contributed by atoms with Crippen molar-refractivity contribution in [3.63, 3.8) is 0 Å². The molecule has 0 rings (SSSR count). The smallest absolute Gasteiger partial charge is 0.307 e. The van der Waals surface area contributed by atoms with Crippen LogP contribution in [0.4, 0.5) is 0 Å². The monoisotopic (exact) mass is 286 g/mol. The molecule has 20 heavy (non-hydrogen) atoms. The lowest BCUT2D eigenvalue weighted by atomic mass is 9.96. The summed E-state index contributed by atoms with van der Waals surface area (Å²) in [6.45, 7) is 8.36. The normalized spacial score (nSPS) is 10.8. The minimum Gasteiger partial charge on any atom is -0.466 e. The highest BCUT2D eigenvalue weighted by Gasteiger charge is 2.20. The van der Waals surface area contributed by atoms with E-state index in [4.69, 9.17) is 4.74 Å². The number of esters is 1. The number of ether oxygens (including phenoxy) is 1. The Hall–Kier alpha value is -1.59. The molecule has 0 aromatic carbocycles. The first-order valence-corrected chi connectivity index (χ1v) is 6.98. The van der Waals surface area contributed by atoms with Crippen LogP contribution in [0.15, 0.2) is 0 Å². The predicted molar refractivity (Wildman–Crippen MR) is 76.0 cm³/mol. The first-order valence-electron chi connectivity index (χ1n) is 6.98. The van der Waals surface area contributed by atoms with E-state index < -0.39 is 5.41 Å². The molecule has 0 saturated carbocycles. The molecule has 6 heteroatoms. The second-order valence-corrected chi connectivity index (χ2v) is 5.51. The number of rotatable bonds is 8. The molecular weight excluding hydrogens is 260 g/mol. The highest BCUT2D eigenvalue weighted by Crippen LogP contribution is 2.12. The van der Waals surface area contributed by atoms with Crippen LogP contribution in [-0.2, 0) is 19.1 Å². The lowest BCUT2D eigenvalue weighted by Gasteiger charge is -2.17. The van der Waals surface area contributed by atoms with Crippen LogP contribution >= 0.6 is 0 Å². The standard InChI is InChI=1S/C14H26N2O4/c1-5-20-12(18)8-10-15-11(17)7-6-9-16-13(19)14(2,3)4/h5-10H2,1-4H3,(H,15,17)(H,16,19). The third-order valence-corrected chi connectivity index (χ3v) is 2.50. The topological polar surface area (TPSA) is 84.5 Å². The van der Waals surface area contributed by atoms with Crippen LogP contribution in [-0.4, -0.2) is 37.5 Å². The highest BCUT2D eigenvalue weighted by molar-refractivity contribution is 5.81. The molecule has 6 nitrogen and oxygen atoms in total.